The maximum Gasteiger partial charge on any atom is 0.217 e. The number of rotatable bonds is 5. The topological polar surface area (TPSA) is 50.2 Å². The monoisotopic (exact) mass is 374 g/mol. The molecule has 144 valence electrons. The zero-order valence-electron chi connectivity index (χ0n) is 16.2. The van der Waals surface area contributed by atoms with Crippen LogP contribution in [0.25, 0.3) is 5.69 Å². The highest BCUT2D eigenvalue weighted by atomic mass is 16.1. The fraction of sp³-hybridized carbons (Fsp3) is 0.304. The van der Waals surface area contributed by atoms with Crippen molar-refractivity contribution in [2.24, 2.45) is 0 Å². The highest BCUT2D eigenvalue weighted by molar-refractivity contribution is 5.74. The Morgan fingerprint density at radius 1 is 1.11 bits per heavy atom. The zero-order valence-corrected chi connectivity index (χ0v) is 16.2. The summed E-state index contributed by atoms with van der Waals surface area (Å²) in [7, 11) is 0. The normalized spacial score (nSPS) is 16.6. The van der Waals surface area contributed by atoms with E-state index < -0.39 is 0 Å². The van der Waals surface area contributed by atoms with E-state index in [9.17, 15) is 4.79 Å². The Bertz CT molecular complexity index is 913. The van der Waals surface area contributed by atoms with Gasteiger partial charge in [0.15, 0.2) is 0 Å². The van der Waals surface area contributed by atoms with Gasteiger partial charge in [-0.2, -0.15) is 0 Å². The molecule has 2 heterocycles. The summed E-state index contributed by atoms with van der Waals surface area (Å²) in [5.41, 5.74) is 3.23. The first-order valence-electron chi connectivity index (χ1n) is 9.79. The molecule has 0 radical (unpaired) electrons. The summed E-state index contributed by atoms with van der Waals surface area (Å²) in [6.07, 6.45) is 7.30. The van der Waals surface area contributed by atoms with Crippen LogP contribution < -0.4 is 5.32 Å². The van der Waals surface area contributed by atoms with Crippen LogP contribution in [0.1, 0.15) is 30.9 Å². The Morgan fingerprint density at radius 3 is 2.57 bits per heavy atom. The summed E-state index contributed by atoms with van der Waals surface area (Å²) < 4.78 is 2.00. The lowest BCUT2D eigenvalue weighted by Crippen LogP contribution is -2.52. The average Bonchev–Trinajstić information content (AvgIpc) is 3.25. The highest BCUT2D eigenvalue weighted by Crippen LogP contribution is 2.34. The summed E-state index contributed by atoms with van der Waals surface area (Å²) in [4.78, 5) is 18.6. The van der Waals surface area contributed by atoms with Gasteiger partial charge in [-0.05, 0) is 36.1 Å². The number of carbonyl (C=O) groups is 1. The molecule has 28 heavy (non-hydrogen) atoms. The van der Waals surface area contributed by atoms with Crippen LogP contribution in [0.2, 0.25) is 0 Å². The molecule has 2 aromatic carbocycles. The van der Waals surface area contributed by atoms with E-state index in [1.807, 2.05) is 10.8 Å². The van der Waals surface area contributed by atoms with Gasteiger partial charge in [0.1, 0.15) is 0 Å². The quantitative estimate of drug-likeness (QED) is 0.744. The smallest absolute Gasteiger partial charge is 0.217 e. The number of aromatic nitrogens is 2. The maximum atomic E-state index is 12.0. The van der Waals surface area contributed by atoms with Crippen LogP contribution in [0.4, 0.5) is 0 Å². The van der Waals surface area contributed by atoms with Gasteiger partial charge in [0.05, 0.1) is 11.9 Å². The molecule has 1 aromatic heterocycles. The molecule has 1 aliphatic heterocycles. The number of nitrogens with one attached hydrogen (secondary N) is 1. The van der Waals surface area contributed by atoms with Crippen LogP contribution in [0.15, 0.2) is 73.3 Å². The number of hydrogen-bond donors (Lipinski definition) is 1. The van der Waals surface area contributed by atoms with Crippen molar-refractivity contribution in [3.63, 3.8) is 0 Å². The maximum absolute atomic E-state index is 12.0. The predicted octanol–water partition coefficient (Wildman–Crippen LogP) is 3.50. The minimum atomic E-state index is -0.324. The van der Waals surface area contributed by atoms with Crippen LogP contribution in [0.3, 0.4) is 0 Å². The summed E-state index contributed by atoms with van der Waals surface area (Å²) in [5, 5.41) is 3.28. The summed E-state index contributed by atoms with van der Waals surface area (Å²) in [5.74, 6) is 0.0181. The third-order valence-electron chi connectivity index (χ3n) is 5.58. The molecule has 1 aliphatic rings. The van der Waals surface area contributed by atoms with Crippen molar-refractivity contribution in [3.05, 3.63) is 84.4 Å². The fourth-order valence-corrected chi connectivity index (χ4v) is 4.13. The Balaban J connectivity index is 1.55. The third-order valence-corrected chi connectivity index (χ3v) is 5.58. The molecule has 0 unspecified atom stereocenters. The van der Waals surface area contributed by atoms with E-state index in [0.717, 1.165) is 43.7 Å². The summed E-state index contributed by atoms with van der Waals surface area (Å²) in [6.45, 7) is 4.46. The number of carbonyl (C=O) groups excluding carboxylic acids is 1. The number of piperidine rings is 1. The van der Waals surface area contributed by atoms with Gasteiger partial charge in [-0.1, -0.05) is 42.5 Å². The number of likely N-dealkylation sites (tertiary alicyclic amines) is 1. The van der Waals surface area contributed by atoms with Gasteiger partial charge in [0.25, 0.3) is 0 Å². The highest BCUT2D eigenvalue weighted by Gasteiger charge is 2.37. The Morgan fingerprint density at radius 2 is 1.89 bits per heavy atom. The Hall–Kier alpha value is -2.92. The second-order valence-electron chi connectivity index (χ2n) is 7.55. The van der Waals surface area contributed by atoms with Gasteiger partial charge in [-0.3, -0.25) is 9.69 Å². The molecular formula is C23H26N4O. The molecule has 1 N–H and O–H groups in total. The fourth-order valence-electron chi connectivity index (χ4n) is 4.13. The van der Waals surface area contributed by atoms with Crippen molar-refractivity contribution in [3.8, 4) is 5.69 Å². The molecule has 1 fully saturated rings. The third kappa shape index (κ3) is 3.99. The first-order chi connectivity index (χ1) is 13.6. The molecule has 0 aliphatic carbocycles. The van der Waals surface area contributed by atoms with Gasteiger partial charge >= 0.3 is 0 Å². The SMILES string of the molecule is CC(=O)NC1(c2cccc(-n3ccnc3)c2)CCN(Cc2ccccc2)CC1. The lowest BCUT2D eigenvalue weighted by atomic mass is 9.80. The molecule has 3 aromatic rings. The van der Waals surface area contributed by atoms with E-state index in [0.29, 0.717) is 0 Å². The summed E-state index contributed by atoms with van der Waals surface area (Å²) >= 11 is 0. The van der Waals surface area contributed by atoms with E-state index in [1.54, 1.807) is 19.4 Å². The average molecular weight is 374 g/mol. The predicted molar refractivity (Wildman–Crippen MR) is 110 cm³/mol. The van der Waals surface area contributed by atoms with Crippen molar-refractivity contribution in [1.29, 1.82) is 0 Å². The molecule has 4 rings (SSSR count). The van der Waals surface area contributed by atoms with Crippen LogP contribution in [-0.2, 0) is 16.9 Å². The summed E-state index contributed by atoms with van der Waals surface area (Å²) in [6, 6.07) is 19.0. The number of amides is 1. The largest absolute Gasteiger partial charge is 0.347 e. The second kappa shape index (κ2) is 7.98. The number of benzene rings is 2. The van der Waals surface area contributed by atoms with Gasteiger partial charge < -0.3 is 9.88 Å². The van der Waals surface area contributed by atoms with Crippen molar-refractivity contribution in [2.75, 3.05) is 13.1 Å². The van der Waals surface area contributed by atoms with E-state index in [1.165, 1.54) is 5.56 Å². The first-order valence-corrected chi connectivity index (χ1v) is 9.79. The van der Waals surface area contributed by atoms with E-state index in [2.05, 4.69) is 69.8 Å². The lowest BCUT2D eigenvalue weighted by Gasteiger charge is -2.43. The van der Waals surface area contributed by atoms with Gasteiger partial charge in [-0.15, -0.1) is 0 Å². The minimum absolute atomic E-state index is 0.0181. The van der Waals surface area contributed by atoms with E-state index in [4.69, 9.17) is 0 Å². The van der Waals surface area contributed by atoms with E-state index in [-0.39, 0.29) is 11.4 Å². The van der Waals surface area contributed by atoms with Crippen LogP contribution in [0, 0.1) is 0 Å². The Kier molecular flexibility index (Phi) is 5.26. The molecular weight excluding hydrogens is 348 g/mol. The lowest BCUT2D eigenvalue weighted by molar-refractivity contribution is -0.121. The molecule has 0 atom stereocenters. The molecule has 1 amide bonds. The van der Waals surface area contributed by atoms with Crippen molar-refractivity contribution >= 4 is 5.91 Å². The van der Waals surface area contributed by atoms with Crippen molar-refractivity contribution in [1.82, 2.24) is 19.8 Å². The van der Waals surface area contributed by atoms with Crippen LogP contribution in [-0.4, -0.2) is 33.4 Å². The molecule has 0 spiro atoms. The molecule has 5 nitrogen and oxygen atoms in total. The zero-order chi connectivity index (χ0) is 19.4. The molecule has 0 bridgehead atoms. The minimum Gasteiger partial charge on any atom is -0.347 e. The van der Waals surface area contributed by atoms with Crippen LogP contribution >= 0.6 is 0 Å². The Labute approximate surface area is 166 Å². The molecule has 5 heteroatoms. The van der Waals surface area contributed by atoms with Gasteiger partial charge in [0.2, 0.25) is 5.91 Å². The molecule has 1 saturated heterocycles. The van der Waals surface area contributed by atoms with Gasteiger partial charge in [0, 0.05) is 44.6 Å². The second-order valence-corrected chi connectivity index (χ2v) is 7.55. The first kappa shape index (κ1) is 18.4. The number of imidazole rings is 1. The van der Waals surface area contributed by atoms with Crippen LogP contribution in [0.5, 0.6) is 0 Å². The van der Waals surface area contributed by atoms with Crippen molar-refractivity contribution in [2.45, 2.75) is 31.8 Å². The van der Waals surface area contributed by atoms with E-state index >= 15 is 0 Å². The number of nitrogens with zero attached hydrogens (tertiary/aromatic N) is 3. The van der Waals surface area contributed by atoms with Gasteiger partial charge in [-0.25, -0.2) is 4.98 Å². The number of hydrogen-bond acceptors (Lipinski definition) is 3. The van der Waals surface area contributed by atoms with Crippen molar-refractivity contribution < 1.29 is 4.79 Å². The standard InChI is InChI=1S/C23H26N4O/c1-19(28)25-23(21-8-5-9-22(16-21)27-15-12-24-18-27)10-13-26(14-11-23)17-20-6-3-2-4-7-20/h2-9,12,15-16,18H,10-11,13-14,17H2,1H3,(H,25,28). The molecule has 0 saturated carbocycles.